The molecule has 2 N–H and O–H groups in total. The van der Waals surface area contributed by atoms with Crippen molar-refractivity contribution < 1.29 is 4.79 Å². The monoisotopic (exact) mass is 270 g/mol. The summed E-state index contributed by atoms with van der Waals surface area (Å²) in [7, 11) is 0. The van der Waals surface area contributed by atoms with E-state index >= 15 is 0 Å². The molecule has 0 aliphatic rings. The standard InChI is InChI=1S/C15H14N2OS/c1-19-13-8-5-11(6-9-13)14-4-2-3-12(17-14)7-10-15(16)18/h2-10H,1H3,(H2,16,18)/b10-7-. The van der Waals surface area contributed by atoms with Crippen LogP contribution in [0.4, 0.5) is 0 Å². The van der Waals surface area contributed by atoms with Crippen molar-refractivity contribution in [1.29, 1.82) is 0 Å². The van der Waals surface area contributed by atoms with Gasteiger partial charge in [-0.05, 0) is 36.6 Å². The lowest BCUT2D eigenvalue weighted by atomic mass is 10.1. The Labute approximate surface area is 116 Å². The van der Waals surface area contributed by atoms with E-state index in [1.165, 1.54) is 11.0 Å². The topological polar surface area (TPSA) is 56.0 Å². The van der Waals surface area contributed by atoms with Gasteiger partial charge in [0.15, 0.2) is 0 Å². The molecule has 19 heavy (non-hydrogen) atoms. The molecule has 1 aromatic carbocycles. The van der Waals surface area contributed by atoms with Gasteiger partial charge in [-0.1, -0.05) is 18.2 Å². The Hall–Kier alpha value is -2.07. The van der Waals surface area contributed by atoms with Crippen LogP contribution in [0.5, 0.6) is 0 Å². The Morgan fingerprint density at radius 3 is 2.58 bits per heavy atom. The van der Waals surface area contributed by atoms with Gasteiger partial charge < -0.3 is 5.73 Å². The maximum absolute atomic E-state index is 10.7. The van der Waals surface area contributed by atoms with Gasteiger partial charge in [-0.3, -0.25) is 4.79 Å². The summed E-state index contributed by atoms with van der Waals surface area (Å²) in [5, 5.41) is 0. The Kier molecular flexibility index (Phi) is 4.36. The quantitative estimate of drug-likeness (QED) is 0.686. The molecule has 2 aromatic rings. The third kappa shape index (κ3) is 3.69. The van der Waals surface area contributed by atoms with Crippen LogP contribution in [0.2, 0.25) is 0 Å². The fourth-order valence-electron chi connectivity index (χ4n) is 1.63. The average Bonchev–Trinajstić information content (AvgIpc) is 2.45. The van der Waals surface area contributed by atoms with Gasteiger partial charge in [0.1, 0.15) is 0 Å². The fourth-order valence-corrected chi connectivity index (χ4v) is 2.04. The molecule has 1 aromatic heterocycles. The first-order valence-corrected chi connectivity index (χ1v) is 7.00. The predicted molar refractivity (Wildman–Crippen MR) is 79.7 cm³/mol. The number of hydrogen-bond donors (Lipinski definition) is 1. The number of thioether (sulfide) groups is 1. The van der Waals surface area contributed by atoms with Gasteiger partial charge in [0, 0.05) is 16.5 Å². The Morgan fingerprint density at radius 1 is 1.21 bits per heavy atom. The van der Waals surface area contributed by atoms with Gasteiger partial charge in [-0.25, -0.2) is 4.98 Å². The highest BCUT2D eigenvalue weighted by Crippen LogP contribution is 2.21. The lowest BCUT2D eigenvalue weighted by Crippen LogP contribution is -2.05. The van der Waals surface area contributed by atoms with Crippen LogP contribution < -0.4 is 5.73 Å². The van der Waals surface area contributed by atoms with Crippen molar-refractivity contribution in [2.24, 2.45) is 5.73 Å². The summed E-state index contributed by atoms with van der Waals surface area (Å²) in [5.41, 5.74) is 7.70. The number of carbonyl (C=O) groups is 1. The maximum Gasteiger partial charge on any atom is 0.241 e. The lowest BCUT2D eigenvalue weighted by Gasteiger charge is -2.03. The number of carbonyl (C=O) groups excluding carboxylic acids is 1. The van der Waals surface area contributed by atoms with Crippen LogP contribution in [-0.2, 0) is 4.79 Å². The minimum atomic E-state index is -0.475. The molecule has 0 radical (unpaired) electrons. The zero-order valence-electron chi connectivity index (χ0n) is 10.5. The van der Waals surface area contributed by atoms with Crippen LogP contribution >= 0.6 is 11.8 Å². The number of benzene rings is 1. The van der Waals surface area contributed by atoms with Gasteiger partial charge in [0.2, 0.25) is 5.91 Å². The number of amides is 1. The molecule has 2 rings (SSSR count). The second kappa shape index (κ2) is 6.20. The van der Waals surface area contributed by atoms with Gasteiger partial charge >= 0.3 is 0 Å². The Balaban J connectivity index is 2.29. The van der Waals surface area contributed by atoms with E-state index in [9.17, 15) is 4.79 Å². The molecule has 0 spiro atoms. The summed E-state index contributed by atoms with van der Waals surface area (Å²) in [4.78, 5) is 16.4. The molecular formula is C15H14N2OS. The van der Waals surface area contributed by atoms with Gasteiger partial charge in [0.05, 0.1) is 11.4 Å². The van der Waals surface area contributed by atoms with Crippen molar-refractivity contribution in [3.05, 3.63) is 54.2 Å². The molecule has 3 nitrogen and oxygen atoms in total. The first kappa shape index (κ1) is 13.4. The summed E-state index contributed by atoms with van der Waals surface area (Å²) < 4.78 is 0. The molecule has 0 unspecified atom stereocenters. The molecule has 96 valence electrons. The Bertz CT molecular complexity index is 606. The first-order chi connectivity index (χ1) is 9.19. The highest BCUT2D eigenvalue weighted by Gasteiger charge is 2.00. The number of pyridine rings is 1. The molecule has 0 bridgehead atoms. The molecule has 0 saturated heterocycles. The van der Waals surface area contributed by atoms with Crippen LogP contribution in [-0.4, -0.2) is 17.1 Å². The van der Waals surface area contributed by atoms with Crippen LogP contribution in [0.3, 0.4) is 0 Å². The van der Waals surface area contributed by atoms with Crippen LogP contribution in [0, 0.1) is 0 Å². The Morgan fingerprint density at radius 2 is 1.95 bits per heavy atom. The summed E-state index contributed by atoms with van der Waals surface area (Å²) in [6.45, 7) is 0. The summed E-state index contributed by atoms with van der Waals surface area (Å²) in [5.74, 6) is -0.475. The third-order valence-electron chi connectivity index (χ3n) is 2.57. The van der Waals surface area contributed by atoms with Crippen LogP contribution in [0.25, 0.3) is 17.3 Å². The molecule has 0 fully saturated rings. The average molecular weight is 270 g/mol. The molecular weight excluding hydrogens is 256 g/mol. The van der Waals surface area contributed by atoms with E-state index in [2.05, 4.69) is 17.1 Å². The zero-order chi connectivity index (χ0) is 13.7. The number of rotatable bonds is 4. The highest BCUT2D eigenvalue weighted by atomic mass is 32.2. The molecule has 0 saturated carbocycles. The molecule has 0 atom stereocenters. The number of aromatic nitrogens is 1. The van der Waals surface area contributed by atoms with E-state index in [-0.39, 0.29) is 0 Å². The smallest absolute Gasteiger partial charge is 0.241 e. The maximum atomic E-state index is 10.7. The number of hydrogen-bond acceptors (Lipinski definition) is 3. The van der Waals surface area contributed by atoms with Crippen molar-refractivity contribution in [3.63, 3.8) is 0 Å². The van der Waals surface area contributed by atoms with Gasteiger partial charge in [0.25, 0.3) is 0 Å². The van der Waals surface area contributed by atoms with E-state index in [0.717, 1.165) is 11.3 Å². The predicted octanol–water partition coefficient (Wildman–Crippen LogP) is 2.97. The van der Waals surface area contributed by atoms with Crippen molar-refractivity contribution >= 4 is 23.7 Å². The van der Waals surface area contributed by atoms with Crippen molar-refractivity contribution in [2.45, 2.75) is 4.90 Å². The SMILES string of the molecule is CSc1ccc(-c2cccc(/C=C\C(N)=O)n2)cc1. The number of primary amides is 1. The summed E-state index contributed by atoms with van der Waals surface area (Å²) in [6, 6.07) is 13.9. The largest absolute Gasteiger partial charge is 0.366 e. The van der Waals surface area contributed by atoms with E-state index in [0.29, 0.717) is 5.69 Å². The second-order valence-corrected chi connectivity index (χ2v) is 4.79. The zero-order valence-corrected chi connectivity index (χ0v) is 11.4. The molecule has 0 aliphatic heterocycles. The molecule has 1 amide bonds. The van der Waals surface area contributed by atoms with Crippen LogP contribution in [0.15, 0.2) is 53.4 Å². The minimum Gasteiger partial charge on any atom is -0.366 e. The van der Waals surface area contributed by atoms with Gasteiger partial charge in [-0.15, -0.1) is 11.8 Å². The molecule has 4 heteroatoms. The number of nitrogens with zero attached hydrogens (tertiary/aromatic N) is 1. The van der Waals surface area contributed by atoms with E-state index < -0.39 is 5.91 Å². The van der Waals surface area contributed by atoms with E-state index in [1.54, 1.807) is 17.8 Å². The van der Waals surface area contributed by atoms with Gasteiger partial charge in [-0.2, -0.15) is 0 Å². The van der Waals surface area contributed by atoms with E-state index in [1.807, 2.05) is 36.6 Å². The van der Waals surface area contributed by atoms with Crippen molar-refractivity contribution in [1.82, 2.24) is 4.98 Å². The molecule has 1 heterocycles. The molecule has 0 aliphatic carbocycles. The second-order valence-electron chi connectivity index (χ2n) is 3.91. The summed E-state index contributed by atoms with van der Waals surface area (Å²) >= 11 is 1.70. The lowest BCUT2D eigenvalue weighted by molar-refractivity contribution is -0.113. The van der Waals surface area contributed by atoms with Crippen molar-refractivity contribution in [3.8, 4) is 11.3 Å². The third-order valence-corrected chi connectivity index (χ3v) is 3.32. The normalized spacial score (nSPS) is 10.8. The van der Waals surface area contributed by atoms with Crippen molar-refractivity contribution in [2.75, 3.05) is 6.26 Å². The number of nitrogens with two attached hydrogens (primary N) is 1. The van der Waals surface area contributed by atoms with Crippen LogP contribution in [0.1, 0.15) is 5.69 Å². The minimum absolute atomic E-state index is 0.475. The first-order valence-electron chi connectivity index (χ1n) is 5.78. The van der Waals surface area contributed by atoms with E-state index in [4.69, 9.17) is 5.73 Å². The fraction of sp³-hybridized carbons (Fsp3) is 0.0667. The highest BCUT2D eigenvalue weighted by molar-refractivity contribution is 7.98. The summed E-state index contributed by atoms with van der Waals surface area (Å²) in [6.07, 6.45) is 4.97.